The highest BCUT2D eigenvalue weighted by Crippen LogP contribution is 2.26. The molecule has 0 amide bonds. The maximum Gasteiger partial charge on any atom is 0.161 e. The standard InChI is InChI=1S/C14H14N6/c1-9-7-11(20-19-9)13-14(18-12(15)8-16-13)17-10-5-3-2-4-6-10/h2-8H,1H3,(H,19,20)(H3,15,17,18). The Morgan fingerprint density at radius 2 is 2.00 bits per heavy atom. The van der Waals surface area contributed by atoms with E-state index in [1.165, 1.54) is 6.20 Å². The molecule has 3 rings (SSSR count). The summed E-state index contributed by atoms with van der Waals surface area (Å²) in [6.45, 7) is 1.94. The summed E-state index contributed by atoms with van der Waals surface area (Å²) in [5.41, 5.74) is 8.99. The van der Waals surface area contributed by atoms with Crippen LogP contribution in [0.25, 0.3) is 11.4 Å². The van der Waals surface area contributed by atoms with E-state index in [-0.39, 0.29) is 0 Å². The van der Waals surface area contributed by atoms with Crippen LogP contribution in [0.5, 0.6) is 0 Å². The third-order valence-electron chi connectivity index (χ3n) is 2.78. The molecule has 0 saturated heterocycles. The van der Waals surface area contributed by atoms with E-state index >= 15 is 0 Å². The van der Waals surface area contributed by atoms with Crippen LogP contribution in [0.3, 0.4) is 0 Å². The van der Waals surface area contributed by atoms with Gasteiger partial charge in [-0.3, -0.25) is 5.10 Å². The Balaban J connectivity index is 2.03. The quantitative estimate of drug-likeness (QED) is 0.677. The zero-order chi connectivity index (χ0) is 13.9. The molecular formula is C14H14N6. The van der Waals surface area contributed by atoms with Crippen molar-refractivity contribution in [3.05, 3.63) is 48.3 Å². The van der Waals surface area contributed by atoms with Crippen LogP contribution >= 0.6 is 0 Å². The van der Waals surface area contributed by atoms with Crippen molar-refractivity contribution in [1.82, 2.24) is 20.2 Å². The molecule has 4 N–H and O–H groups in total. The molecule has 0 aliphatic heterocycles. The van der Waals surface area contributed by atoms with Crippen molar-refractivity contribution in [2.45, 2.75) is 6.92 Å². The number of nitrogens with zero attached hydrogens (tertiary/aromatic N) is 3. The summed E-state index contributed by atoms with van der Waals surface area (Å²) in [5.74, 6) is 0.946. The minimum absolute atomic E-state index is 0.361. The highest BCUT2D eigenvalue weighted by Gasteiger charge is 2.12. The second-order valence-electron chi connectivity index (χ2n) is 4.42. The lowest BCUT2D eigenvalue weighted by Gasteiger charge is -2.09. The number of hydrogen-bond acceptors (Lipinski definition) is 5. The number of H-pyrrole nitrogens is 1. The highest BCUT2D eigenvalue weighted by atomic mass is 15.1. The van der Waals surface area contributed by atoms with Gasteiger partial charge in [0.15, 0.2) is 5.82 Å². The van der Waals surface area contributed by atoms with Gasteiger partial charge in [0.1, 0.15) is 17.2 Å². The summed E-state index contributed by atoms with van der Waals surface area (Å²) in [7, 11) is 0. The maximum atomic E-state index is 5.72. The van der Waals surface area contributed by atoms with Crippen LogP contribution in [0.4, 0.5) is 17.3 Å². The molecule has 0 aliphatic carbocycles. The van der Waals surface area contributed by atoms with Crippen LogP contribution in [0, 0.1) is 6.92 Å². The van der Waals surface area contributed by atoms with E-state index in [1.54, 1.807) is 0 Å². The number of aromatic amines is 1. The second kappa shape index (κ2) is 5.00. The zero-order valence-electron chi connectivity index (χ0n) is 11.0. The van der Waals surface area contributed by atoms with E-state index in [1.807, 2.05) is 43.3 Å². The number of anilines is 3. The fourth-order valence-corrected chi connectivity index (χ4v) is 1.87. The molecule has 0 radical (unpaired) electrons. The molecule has 0 saturated carbocycles. The smallest absolute Gasteiger partial charge is 0.161 e. The summed E-state index contributed by atoms with van der Waals surface area (Å²) in [5, 5.41) is 10.3. The Bertz CT molecular complexity index is 720. The van der Waals surface area contributed by atoms with E-state index in [0.29, 0.717) is 17.3 Å². The molecule has 3 aromatic rings. The van der Waals surface area contributed by atoms with Gasteiger partial charge in [-0.1, -0.05) is 18.2 Å². The van der Waals surface area contributed by atoms with E-state index < -0.39 is 0 Å². The normalized spacial score (nSPS) is 10.4. The van der Waals surface area contributed by atoms with Crippen molar-refractivity contribution in [3.63, 3.8) is 0 Å². The number of hydrogen-bond donors (Lipinski definition) is 3. The lowest BCUT2D eigenvalue weighted by atomic mass is 10.2. The molecule has 0 fully saturated rings. The fourth-order valence-electron chi connectivity index (χ4n) is 1.87. The second-order valence-corrected chi connectivity index (χ2v) is 4.42. The molecular weight excluding hydrogens is 252 g/mol. The van der Waals surface area contributed by atoms with Crippen LogP contribution in [0.2, 0.25) is 0 Å². The Morgan fingerprint density at radius 1 is 1.20 bits per heavy atom. The largest absolute Gasteiger partial charge is 0.382 e. The number of para-hydroxylation sites is 1. The predicted molar refractivity (Wildman–Crippen MR) is 78.5 cm³/mol. The first kappa shape index (κ1) is 12.2. The predicted octanol–water partition coefficient (Wildman–Crippen LogP) is 2.50. The lowest BCUT2D eigenvalue weighted by molar-refractivity contribution is 1.04. The van der Waals surface area contributed by atoms with Crippen LogP contribution in [0.15, 0.2) is 42.6 Å². The maximum absolute atomic E-state index is 5.72. The zero-order valence-corrected chi connectivity index (χ0v) is 11.0. The Labute approximate surface area is 116 Å². The molecule has 1 aromatic carbocycles. The third kappa shape index (κ3) is 2.44. The minimum atomic E-state index is 0.361. The van der Waals surface area contributed by atoms with Crippen LogP contribution in [0.1, 0.15) is 5.69 Å². The SMILES string of the molecule is Cc1cc(-c2ncc(N)nc2Nc2ccccc2)n[nH]1. The number of benzene rings is 1. The van der Waals surface area contributed by atoms with Gasteiger partial charge < -0.3 is 11.1 Å². The number of aromatic nitrogens is 4. The molecule has 0 bridgehead atoms. The van der Waals surface area contributed by atoms with Crippen molar-refractivity contribution in [2.24, 2.45) is 0 Å². The molecule has 6 nitrogen and oxygen atoms in total. The van der Waals surface area contributed by atoms with Crippen molar-refractivity contribution in [1.29, 1.82) is 0 Å². The minimum Gasteiger partial charge on any atom is -0.382 e. The summed E-state index contributed by atoms with van der Waals surface area (Å²) in [6, 6.07) is 11.7. The number of nitrogens with one attached hydrogen (secondary N) is 2. The van der Waals surface area contributed by atoms with Crippen LogP contribution in [-0.2, 0) is 0 Å². The monoisotopic (exact) mass is 266 g/mol. The van der Waals surface area contributed by atoms with Crippen molar-refractivity contribution < 1.29 is 0 Å². The van der Waals surface area contributed by atoms with Crippen LogP contribution in [-0.4, -0.2) is 20.2 Å². The van der Waals surface area contributed by atoms with Crippen molar-refractivity contribution >= 4 is 17.3 Å². The summed E-state index contributed by atoms with van der Waals surface area (Å²) in [4.78, 5) is 8.63. The topological polar surface area (TPSA) is 92.5 Å². The Morgan fingerprint density at radius 3 is 2.70 bits per heavy atom. The third-order valence-corrected chi connectivity index (χ3v) is 2.78. The van der Waals surface area contributed by atoms with Crippen molar-refractivity contribution in [3.8, 4) is 11.4 Å². The van der Waals surface area contributed by atoms with Gasteiger partial charge in [-0.2, -0.15) is 5.10 Å². The van der Waals surface area contributed by atoms with Gasteiger partial charge in [0.05, 0.1) is 6.20 Å². The molecule has 0 unspecified atom stereocenters. The number of nitrogens with two attached hydrogens (primary N) is 1. The number of aryl methyl sites for hydroxylation is 1. The first-order valence-electron chi connectivity index (χ1n) is 6.19. The Kier molecular flexibility index (Phi) is 3.04. The average Bonchev–Trinajstić information content (AvgIpc) is 2.86. The fraction of sp³-hybridized carbons (Fsp3) is 0.0714. The lowest BCUT2D eigenvalue weighted by Crippen LogP contribution is -2.02. The van der Waals surface area contributed by atoms with Gasteiger partial charge in [-0.05, 0) is 25.1 Å². The molecule has 6 heteroatoms. The molecule has 0 spiro atoms. The van der Waals surface area contributed by atoms with Gasteiger partial charge in [-0.15, -0.1) is 0 Å². The van der Waals surface area contributed by atoms with E-state index in [9.17, 15) is 0 Å². The average molecular weight is 266 g/mol. The highest BCUT2D eigenvalue weighted by molar-refractivity contribution is 5.73. The number of rotatable bonds is 3. The summed E-state index contributed by atoms with van der Waals surface area (Å²) >= 11 is 0. The van der Waals surface area contributed by atoms with E-state index in [0.717, 1.165) is 17.1 Å². The van der Waals surface area contributed by atoms with Gasteiger partial charge in [0.25, 0.3) is 0 Å². The first-order valence-corrected chi connectivity index (χ1v) is 6.19. The van der Waals surface area contributed by atoms with E-state index in [2.05, 4.69) is 25.5 Å². The molecule has 0 aliphatic rings. The van der Waals surface area contributed by atoms with Crippen molar-refractivity contribution in [2.75, 3.05) is 11.1 Å². The first-order chi connectivity index (χ1) is 9.72. The molecule has 0 atom stereocenters. The molecule has 2 aromatic heterocycles. The molecule has 20 heavy (non-hydrogen) atoms. The summed E-state index contributed by atoms with van der Waals surface area (Å²) in [6.07, 6.45) is 1.52. The van der Waals surface area contributed by atoms with Gasteiger partial charge in [0.2, 0.25) is 0 Å². The Hall–Kier alpha value is -2.89. The molecule has 100 valence electrons. The van der Waals surface area contributed by atoms with Gasteiger partial charge in [-0.25, -0.2) is 9.97 Å². The number of nitrogen functional groups attached to an aromatic ring is 1. The summed E-state index contributed by atoms with van der Waals surface area (Å²) < 4.78 is 0. The van der Waals surface area contributed by atoms with Crippen LogP contribution < -0.4 is 11.1 Å². The van der Waals surface area contributed by atoms with Gasteiger partial charge in [0, 0.05) is 11.4 Å². The van der Waals surface area contributed by atoms with E-state index in [4.69, 9.17) is 5.73 Å². The van der Waals surface area contributed by atoms with Gasteiger partial charge >= 0.3 is 0 Å². The molecule has 2 heterocycles.